The number of rotatable bonds is 1. The summed E-state index contributed by atoms with van der Waals surface area (Å²) in [4.78, 5) is 37.0. The first-order chi connectivity index (χ1) is 11.5. The first kappa shape index (κ1) is 21.3. The van der Waals surface area contributed by atoms with Gasteiger partial charge in [-0.15, -0.1) is 0 Å². The Morgan fingerprint density at radius 1 is 1.20 bits per heavy atom. The SMILES string of the molecule is CC[C@@H]1OC(=O)[C@H](C)C[C@H](C)C(=O)/C(C)=C/[C@@H](C)C(=O)/C=C/[C@]1(C)O. The van der Waals surface area contributed by atoms with Gasteiger partial charge < -0.3 is 9.84 Å². The van der Waals surface area contributed by atoms with Gasteiger partial charge in [0.05, 0.1) is 5.92 Å². The average Bonchev–Trinajstić information content (AvgIpc) is 2.55. The molecule has 0 aliphatic carbocycles. The number of cyclic esters (lactones) is 1. The van der Waals surface area contributed by atoms with E-state index in [1.807, 2.05) is 0 Å². The maximum absolute atomic E-state index is 12.5. The van der Waals surface area contributed by atoms with Crippen LogP contribution in [-0.4, -0.2) is 34.3 Å². The molecule has 0 amide bonds. The summed E-state index contributed by atoms with van der Waals surface area (Å²) in [6.45, 7) is 10.2. The van der Waals surface area contributed by atoms with Crippen molar-refractivity contribution in [2.24, 2.45) is 17.8 Å². The zero-order valence-corrected chi connectivity index (χ0v) is 16.0. The summed E-state index contributed by atoms with van der Waals surface area (Å²) in [7, 11) is 0. The van der Waals surface area contributed by atoms with Crippen molar-refractivity contribution >= 4 is 17.5 Å². The molecule has 0 spiro atoms. The second-order valence-electron chi connectivity index (χ2n) is 7.34. The molecule has 0 saturated carbocycles. The molecule has 0 bridgehead atoms. The van der Waals surface area contributed by atoms with Gasteiger partial charge in [0.1, 0.15) is 11.7 Å². The lowest BCUT2D eigenvalue weighted by Crippen LogP contribution is -2.41. The smallest absolute Gasteiger partial charge is 0.309 e. The van der Waals surface area contributed by atoms with E-state index in [9.17, 15) is 19.5 Å². The van der Waals surface area contributed by atoms with Crippen molar-refractivity contribution in [2.75, 3.05) is 0 Å². The normalized spacial score (nSPS) is 39.2. The van der Waals surface area contributed by atoms with E-state index in [-0.39, 0.29) is 17.5 Å². The summed E-state index contributed by atoms with van der Waals surface area (Å²) in [5.41, 5.74) is -0.929. The molecule has 140 valence electrons. The van der Waals surface area contributed by atoms with Crippen LogP contribution in [0.5, 0.6) is 0 Å². The molecule has 0 aromatic heterocycles. The number of Topliss-reactive ketones (excluding diaryl/α,β-unsaturated/α-hetero) is 1. The largest absolute Gasteiger partial charge is 0.459 e. The van der Waals surface area contributed by atoms with E-state index in [1.54, 1.807) is 40.7 Å². The lowest BCUT2D eigenvalue weighted by Gasteiger charge is -2.30. The molecule has 0 fully saturated rings. The van der Waals surface area contributed by atoms with E-state index in [0.29, 0.717) is 18.4 Å². The standard InChI is InChI=1S/C20H30O5/c1-7-17-20(6,24)9-8-16(21)12(2)10-13(3)18(22)14(4)11-15(5)19(23)25-17/h8-10,12,14-15,17,24H,7,11H2,1-6H3/b9-8+,13-10+/t12-,14+,15-,17+,20+/m1/s1. The number of carbonyl (C=O) groups excluding carboxylic acids is 3. The highest BCUT2D eigenvalue weighted by Crippen LogP contribution is 2.24. The molecule has 0 unspecified atom stereocenters. The number of hydrogen-bond donors (Lipinski definition) is 1. The molecule has 1 aliphatic rings. The van der Waals surface area contributed by atoms with Gasteiger partial charge in [0, 0.05) is 11.8 Å². The Morgan fingerprint density at radius 2 is 1.80 bits per heavy atom. The number of hydrogen-bond acceptors (Lipinski definition) is 5. The van der Waals surface area contributed by atoms with Crippen LogP contribution in [0.25, 0.3) is 0 Å². The Kier molecular flexibility index (Phi) is 7.29. The minimum absolute atomic E-state index is 0.0700. The predicted molar refractivity (Wildman–Crippen MR) is 95.8 cm³/mol. The van der Waals surface area contributed by atoms with Crippen LogP contribution in [0.15, 0.2) is 23.8 Å². The van der Waals surface area contributed by atoms with Gasteiger partial charge in [-0.25, -0.2) is 0 Å². The van der Waals surface area contributed by atoms with Crippen LogP contribution < -0.4 is 0 Å². The quantitative estimate of drug-likeness (QED) is 0.735. The third-order valence-corrected chi connectivity index (χ3v) is 4.76. The van der Waals surface area contributed by atoms with Crippen LogP contribution in [0.4, 0.5) is 0 Å². The lowest BCUT2D eigenvalue weighted by molar-refractivity contribution is -0.164. The molecule has 1 rings (SSSR count). The number of allylic oxidation sites excluding steroid dienone is 3. The Morgan fingerprint density at radius 3 is 2.36 bits per heavy atom. The van der Waals surface area contributed by atoms with E-state index >= 15 is 0 Å². The van der Waals surface area contributed by atoms with E-state index < -0.39 is 29.5 Å². The number of ether oxygens (including phenoxy) is 1. The van der Waals surface area contributed by atoms with Gasteiger partial charge in [-0.2, -0.15) is 0 Å². The summed E-state index contributed by atoms with van der Waals surface area (Å²) >= 11 is 0. The van der Waals surface area contributed by atoms with Crippen LogP contribution in [0.1, 0.15) is 54.4 Å². The predicted octanol–water partition coefficient (Wildman–Crippen LogP) is 3.01. The van der Waals surface area contributed by atoms with Crippen LogP contribution >= 0.6 is 0 Å². The third kappa shape index (κ3) is 5.63. The Labute approximate surface area is 150 Å². The zero-order chi connectivity index (χ0) is 19.4. The summed E-state index contributed by atoms with van der Waals surface area (Å²) in [5.74, 6) is -2.00. The Hall–Kier alpha value is -1.75. The van der Waals surface area contributed by atoms with Crippen molar-refractivity contribution in [3.63, 3.8) is 0 Å². The van der Waals surface area contributed by atoms with Crippen molar-refractivity contribution < 1.29 is 24.2 Å². The molecule has 0 radical (unpaired) electrons. The van der Waals surface area contributed by atoms with Gasteiger partial charge in [0.2, 0.25) is 0 Å². The van der Waals surface area contributed by atoms with Gasteiger partial charge in [0.15, 0.2) is 11.6 Å². The molecular weight excluding hydrogens is 320 g/mol. The van der Waals surface area contributed by atoms with Gasteiger partial charge in [-0.1, -0.05) is 33.8 Å². The summed E-state index contributed by atoms with van der Waals surface area (Å²) in [6.07, 6.45) is 4.33. The summed E-state index contributed by atoms with van der Waals surface area (Å²) in [5, 5.41) is 10.6. The Bertz CT molecular complexity index is 585. The van der Waals surface area contributed by atoms with Crippen LogP contribution in [0, 0.1) is 17.8 Å². The van der Waals surface area contributed by atoms with Crippen molar-refractivity contribution in [1.29, 1.82) is 0 Å². The van der Waals surface area contributed by atoms with Crippen molar-refractivity contribution in [1.82, 2.24) is 0 Å². The van der Waals surface area contributed by atoms with Gasteiger partial charge in [-0.3, -0.25) is 14.4 Å². The maximum Gasteiger partial charge on any atom is 0.309 e. The monoisotopic (exact) mass is 350 g/mol. The molecule has 1 heterocycles. The highest BCUT2D eigenvalue weighted by atomic mass is 16.6. The second kappa shape index (κ2) is 8.56. The molecular formula is C20H30O5. The van der Waals surface area contributed by atoms with Gasteiger partial charge in [-0.05, 0) is 44.4 Å². The zero-order valence-electron chi connectivity index (χ0n) is 16.0. The molecule has 1 aliphatic heterocycles. The topological polar surface area (TPSA) is 80.7 Å². The molecule has 5 atom stereocenters. The fourth-order valence-electron chi connectivity index (χ4n) is 3.04. The lowest BCUT2D eigenvalue weighted by atomic mass is 9.88. The number of esters is 1. The van der Waals surface area contributed by atoms with E-state index in [0.717, 1.165) is 0 Å². The summed E-state index contributed by atoms with van der Waals surface area (Å²) in [6, 6.07) is 0. The van der Waals surface area contributed by atoms with E-state index in [2.05, 4.69) is 0 Å². The van der Waals surface area contributed by atoms with Gasteiger partial charge in [0.25, 0.3) is 0 Å². The third-order valence-electron chi connectivity index (χ3n) is 4.76. The maximum atomic E-state index is 12.5. The Balaban J connectivity index is 3.27. The first-order valence-electron chi connectivity index (χ1n) is 8.88. The number of aliphatic hydroxyl groups is 1. The molecule has 5 heteroatoms. The molecule has 0 aromatic rings. The summed E-state index contributed by atoms with van der Waals surface area (Å²) < 4.78 is 5.47. The fourth-order valence-corrected chi connectivity index (χ4v) is 3.04. The van der Waals surface area contributed by atoms with Gasteiger partial charge >= 0.3 is 5.97 Å². The minimum Gasteiger partial charge on any atom is -0.459 e. The van der Waals surface area contributed by atoms with Crippen LogP contribution in [0.3, 0.4) is 0 Å². The van der Waals surface area contributed by atoms with Crippen molar-refractivity contribution in [2.45, 2.75) is 66.1 Å². The van der Waals surface area contributed by atoms with Crippen LogP contribution in [-0.2, 0) is 19.1 Å². The average molecular weight is 350 g/mol. The van der Waals surface area contributed by atoms with Crippen molar-refractivity contribution in [3.8, 4) is 0 Å². The second-order valence-corrected chi connectivity index (χ2v) is 7.34. The number of carbonyl (C=O) groups is 3. The molecule has 0 saturated heterocycles. The molecule has 5 nitrogen and oxygen atoms in total. The number of ketones is 2. The highest BCUT2D eigenvalue weighted by molar-refractivity contribution is 5.99. The van der Waals surface area contributed by atoms with Crippen LogP contribution in [0.2, 0.25) is 0 Å². The molecule has 1 N–H and O–H groups in total. The van der Waals surface area contributed by atoms with Crippen molar-refractivity contribution in [3.05, 3.63) is 23.8 Å². The molecule has 0 aromatic carbocycles. The minimum atomic E-state index is -1.44. The first-order valence-corrected chi connectivity index (χ1v) is 8.88. The highest BCUT2D eigenvalue weighted by Gasteiger charge is 2.34. The van der Waals surface area contributed by atoms with E-state index in [4.69, 9.17) is 4.74 Å². The van der Waals surface area contributed by atoms with E-state index in [1.165, 1.54) is 19.1 Å². The molecule has 25 heavy (non-hydrogen) atoms. The fraction of sp³-hybridized carbons (Fsp3) is 0.650.